The molecule has 0 fully saturated rings. The maximum Gasteiger partial charge on any atom is 0.197 e. The Bertz CT molecular complexity index is 211. The topological polar surface area (TPSA) is 51.2 Å². The van der Waals surface area contributed by atoms with E-state index in [4.69, 9.17) is 21.9 Å². The van der Waals surface area contributed by atoms with Crippen LogP contribution in [0.5, 0.6) is 0 Å². The zero-order valence-corrected chi connectivity index (χ0v) is 6.35. The van der Waals surface area contributed by atoms with Crippen LogP contribution in [0.15, 0.2) is 16.7 Å². The van der Waals surface area contributed by atoms with E-state index in [1.54, 1.807) is 6.07 Å². The third-order valence-corrected chi connectivity index (χ3v) is 1.67. The van der Waals surface area contributed by atoms with Crippen LogP contribution in [0.25, 0.3) is 0 Å². The molecule has 1 rings (SSSR count). The Morgan fingerprint density at radius 3 is 2.90 bits per heavy atom. The number of furan rings is 1. The summed E-state index contributed by atoms with van der Waals surface area (Å²) in [6.07, 6.45) is 1.53. The number of nitrogens with two attached hydrogens (primary N) is 1. The van der Waals surface area contributed by atoms with Crippen molar-refractivity contribution in [1.82, 2.24) is 5.43 Å². The number of rotatable bonds is 2. The van der Waals surface area contributed by atoms with Gasteiger partial charge >= 0.3 is 0 Å². The highest BCUT2D eigenvalue weighted by Crippen LogP contribution is 2.22. The summed E-state index contributed by atoms with van der Waals surface area (Å²) in [7, 11) is 0. The molecule has 3 nitrogen and oxygen atoms in total. The van der Waals surface area contributed by atoms with E-state index < -0.39 is 0 Å². The maximum absolute atomic E-state index is 5.65. The standard InChI is InChI=1S/C6H9ClN2O/c1-4(9-8)5-2-3-10-6(5)7/h2-4,9H,8H2,1H3. The Balaban J connectivity index is 2.82. The van der Waals surface area contributed by atoms with Crippen molar-refractivity contribution in [2.45, 2.75) is 13.0 Å². The molecule has 4 heteroatoms. The van der Waals surface area contributed by atoms with Gasteiger partial charge in [0.2, 0.25) is 0 Å². The predicted octanol–water partition coefficient (Wildman–Crippen LogP) is 1.46. The third-order valence-electron chi connectivity index (χ3n) is 1.36. The van der Waals surface area contributed by atoms with Crippen LogP contribution in [0.4, 0.5) is 0 Å². The van der Waals surface area contributed by atoms with Crippen molar-refractivity contribution in [1.29, 1.82) is 0 Å². The molecule has 56 valence electrons. The lowest BCUT2D eigenvalue weighted by Crippen LogP contribution is -2.25. The van der Waals surface area contributed by atoms with Gasteiger partial charge in [0.05, 0.1) is 6.26 Å². The Labute approximate surface area is 64.1 Å². The average molecular weight is 161 g/mol. The fraction of sp³-hybridized carbons (Fsp3) is 0.333. The summed E-state index contributed by atoms with van der Waals surface area (Å²) in [5.74, 6) is 5.18. The summed E-state index contributed by atoms with van der Waals surface area (Å²) in [5, 5.41) is 0.394. The molecule has 1 heterocycles. The van der Waals surface area contributed by atoms with E-state index >= 15 is 0 Å². The number of hydrazine groups is 1. The van der Waals surface area contributed by atoms with Crippen molar-refractivity contribution in [3.05, 3.63) is 23.1 Å². The second-order valence-electron chi connectivity index (χ2n) is 2.04. The molecule has 1 unspecified atom stereocenters. The van der Waals surface area contributed by atoms with Gasteiger partial charge in [0.25, 0.3) is 0 Å². The summed E-state index contributed by atoms with van der Waals surface area (Å²) in [6.45, 7) is 1.90. The first-order chi connectivity index (χ1) is 4.75. The molecule has 0 bridgehead atoms. The second kappa shape index (κ2) is 3.05. The predicted molar refractivity (Wildman–Crippen MR) is 39.5 cm³/mol. The minimum Gasteiger partial charge on any atom is -0.453 e. The van der Waals surface area contributed by atoms with E-state index in [0.717, 1.165) is 5.56 Å². The van der Waals surface area contributed by atoms with E-state index in [-0.39, 0.29) is 6.04 Å². The van der Waals surface area contributed by atoms with E-state index in [2.05, 4.69) is 5.43 Å². The maximum atomic E-state index is 5.65. The highest BCUT2D eigenvalue weighted by atomic mass is 35.5. The van der Waals surface area contributed by atoms with E-state index in [1.807, 2.05) is 6.92 Å². The van der Waals surface area contributed by atoms with Crippen LogP contribution >= 0.6 is 11.6 Å². The van der Waals surface area contributed by atoms with Gasteiger partial charge in [-0.2, -0.15) is 0 Å². The molecule has 3 N–H and O–H groups in total. The van der Waals surface area contributed by atoms with Crippen LogP contribution in [-0.2, 0) is 0 Å². The molecule has 0 aromatic carbocycles. The first kappa shape index (κ1) is 7.60. The molecule has 1 aromatic heterocycles. The Kier molecular flexibility index (Phi) is 2.32. The number of hydrogen-bond acceptors (Lipinski definition) is 3. The molecular formula is C6H9ClN2O. The number of halogens is 1. The molecule has 1 atom stereocenters. The quantitative estimate of drug-likeness (QED) is 0.509. The molecular weight excluding hydrogens is 152 g/mol. The zero-order valence-electron chi connectivity index (χ0n) is 5.60. The average Bonchev–Trinajstić information content (AvgIpc) is 2.34. The first-order valence-electron chi connectivity index (χ1n) is 2.94. The molecule has 0 radical (unpaired) electrons. The molecule has 10 heavy (non-hydrogen) atoms. The Hall–Kier alpha value is -0.510. The smallest absolute Gasteiger partial charge is 0.197 e. The van der Waals surface area contributed by atoms with Crippen LogP contribution in [0, 0.1) is 0 Å². The lowest BCUT2D eigenvalue weighted by molar-refractivity contribution is 0.548. The third kappa shape index (κ3) is 1.31. The number of nitrogens with one attached hydrogen (secondary N) is 1. The van der Waals surface area contributed by atoms with Crippen molar-refractivity contribution >= 4 is 11.6 Å². The highest BCUT2D eigenvalue weighted by Gasteiger charge is 2.09. The molecule has 0 saturated carbocycles. The van der Waals surface area contributed by atoms with Gasteiger partial charge in [-0.15, -0.1) is 0 Å². The number of hydrogen-bond donors (Lipinski definition) is 2. The largest absolute Gasteiger partial charge is 0.453 e. The van der Waals surface area contributed by atoms with Crippen molar-refractivity contribution in [3.63, 3.8) is 0 Å². The van der Waals surface area contributed by atoms with Crippen molar-refractivity contribution in [2.24, 2.45) is 5.84 Å². The summed E-state index contributed by atoms with van der Waals surface area (Å²) in [6, 6.07) is 1.82. The molecule has 0 saturated heterocycles. The van der Waals surface area contributed by atoms with Gasteiger partial charge in [-0.05, 0) is 24.6 Å². The molecule has 0 aliphatic rings. The summed E-state index contributed by atoms with van der Waals surface area (Å²) in [4.78, 5) is 0. The Morgan fingerprint density at radius 2 is 2.50 bits per heavy atom. The summed E-state index contributed by atoms with van der Waals surface area (Å²) >= 11 is 5.65. The van der Waals surface area contributed by atoms with Gasteiger partial charge in [-0.3, -0.25) is 11.3 Å². The lowest BCUT2D eigenvalue weighted by atomic mass is 10.2. The second-order valence-corrected chi connectivity index (χ2v) is 2.38. The van der Waals surface area contributed by atoms with Crippen molar-refractivity contribution < 1.29 is 4.42 Å². The van der Waals surface area contributed by atoms with Crippen molar-refractivity contribution in [2.75, 3.05) is 0 Å². The Morgan fingerprint density at radius 1 is 1.80 bits per heavy atom. The first-order valence-corrected chi connectivity index (χ1v) is 3.32. The SMILES string of the molecule is CC(NN)c1ccoc1Cl. The fourth-order valence-corrected chi connectivity index (χ4v) is 0.983. The van der Waals surface area contributed by atoms with Crippen LogP contribution in [0.2, 0.25) is 5.22 Å². The van der Waals surface area contributed by atoms with Gasteiger partial charge in [-0.25, -0.2) is 0 Å². The molecule has 1 aromatic rings. The summed E-state index contributed by atoms with van der Waals surface area (Å²) in [5.41, 5.74) is 3.44. The molecule has 0 aliphatic heterocycles. The fourth-order valence-electron chi connectivity index (χ4n) is 0.705. The van der Waals surface area contributed by atoms with Gasteiger partial charge in [0.1, 0.15) is 0 Å². The van der Waals surface area contributed by atoms with Crippen LogP contribution in [0.3, 0.4) is 0 Å². The van der Waals surface area contributed by atoms with Crippen LogP contribution in [0.1, 0.15) is 18.5 Å². The minimum absolute atomic E-state index is 0.0336. The molecule has 0 aliphatic carbocycles. The van der Waals surface area contributed by atoms with E-state index in [9.17, 15) is 0 Å². The van der Waals surface area contributed by atoms with E-state index in [0.29, 0.717) is 5.22 Å². The van der Waals surface area contributed by atoms with Gasteiger partial charge < -0.3 is 4.42 Å². The normalized spacial score (nSPS) is 13.5. The van der Waals surface area contributed by atoms with E-state index in [1.165, 1.54) is 6.26 Å². The van der Waals surface area contributed by atoms with Gasteiger partial charge in [0, 0.05) is 11.6 Å². The minimum atomic E-state index is 0.0336. The zero-order chi connectivity index (χ0) is 7.56. The van der Waals surface area contributed by atoms with Gasteiger partial charge in [0.15, 0.2) is 5.22 Å². The molecule has 0 spiro atoms. The van der Waals surface area contributed by atoms with Crippen LogP contribution < -0.4 is 11.3 Å². The summed E-state index contributed by atoms with van der Waals surface area (Å²) < 4.78 is 4.86. The molecule has 0 amide bonds. The monoisotopic (exact) mass is 160 g/mol. The van der Waals surface area contributed by atoms with Gasteiger partial charge in [-0.1, -0.05) is 0 Å². The van der Waals surface area contributed by atoms with Crippen molar-refractivity contribution in [3.8, 4) is 0 Å². The lowest BCUT2D eigenvalue weighted by Gasteiger charge is -2.05. The van der Waals surface area contributed by atoms with Crippen LogP contribution in [-0.4, -0.2) is 0 Å². The highest BCUT2D eigenvalue weighted by molar-refractivity contribution is 6.29.